The van der Waals surface area contributed by atoms with Crippen LogP contribution in [-0.2, 0) is 17.8 Å². The SMILES string of the molecule is Cc1occc1-c1nnc(SCC(=O)N2CCCc3ccccc32)n1Cc1ccccc1. The first-order valence-electron chi connectivity index (χ1n) is 10.7. The van der Waals surface area contributed by atoms with Crippen LogP contribution >= 0.6 is 11.8 Å². The molecule has 7 heteroatoms. The summed E-state index contributed by atoms with van der Waals surface area (Å²) in [5.41, 5.74) is 4.33. The van der Waals surface area contributed by atoms with Crippen LogP contribution in [0, 0.1) is 6.92 Å². The van der Waals surface area contributed by atoms with Gasteiger partial charge in [0.2, 0.25) is 5.91 Å². The molecule has 1 aliphatic heterocycles. The Balaban J connectivity index is 1.40. The van der Waals surface area contributed by atoms with Crippen molar-refractivity contribution >= 4 is 23.4 Å². The first-order valence-corrected chi connectivity index (χ1v) is 11.7. The summed E-state index contributed by atoms with van der Waals surface area (Å²) in [4.78, 5) is 15.0. The van der Waals surface area contributed by atoms with Crippen LogP contribution < -0.4 is 4.90 Å². The molecule has 0 spiro atoms. The minimum absolute atomic E-state index is 0.0949. The largest absolute Gasteiger partial charge is 0.469 e. The maximum absolute atomic E-state index is 13.1. The quantitative estimate of drug-likeness (QED) is 0.393. The second-order valence-electron chi connectivity index (χ2n) is 7.83. The molecule has 0 unspecified atom stereocenters. The van der Waals surface area contributed by atoms with E-state index in [1.54, 1.807) is 6.26 Å². The lowest BCUT2D eigenvalue weighted by molar-refractivity contribution is -0.116. The highest BCUT2D eigenvalue weighted by Crippen LogP contribution is 2.30. The number of hydrogen-bond donors (Lipinski definition) is 0. The maximum Gasteiger partial charge on any atom is 0.237 e. The van der Waals surface area contributed by atoms with Crippen LogP contribution in [-0.4, -0.2) is 33.0 Å². The van der Waals surface area contributed by atoms with Gasteiger partial charge in [-0.2, -0.15) is 0 Å². The number of aromatic nitrogens is 3. The lowest BCUT2D eigenvalue weighted by Crippen LogP contribution is -2.36. The lowest BCUT2D eigenvalue weighted by Gasteiger charge is -2.29. The smallest absolute Gasteiger partial charge is 0.237 e. The second-order valence-corrected chi connectivity index (χ2v) is 8.78. The zero-order valence-corrected chi connectivity index (χ0v) is 18.7. The normalized spacial score (nSPS) is 13.2. The standard InChI is InChI=1S/C25H24N4O2S/c1-18-21(13-15-31-18)24-26-27-25(29(24)16-19-8-3-2-4-9-19)32-17-23(30)28-14-7-11-20-10-5-6-12-22(20)28/h2-6,8-10,12-13,15H,7,11,14,16-17H2,1H3. The van der Waals surface area contributed by atoms with Crippen LogP contribution in [0.1, 0.15) is 23.3 Å². The number of nitrogens with zero attached hydrogens (tertiary/aromatic N) is 4. The average Bonchev–Trinajstić information content (AvgIpc) is 3.43. The van der Waals surface area contributed by atoms with Gasteiger partial charge in [-0.25, -0.2) is 0 Å². The summed E-state index contributed by atoms with van der Waals surface area (Å²) in [5, 5.41) is 9.61. The molecule has 4 aromatic rings. The summed E-state index contributed by atoms with van der Waals surface area (Å²) < 4.78 is 7.56. The van der Waals surface area contributed by atoms with Gasteiger partial charge in [0, 0.05) is 12.2 Å². The van der Waals surface area contributed by atoms with E-state index in [2.05, 4.69) is 33.0 Å². The zero-order valence-electron chi connectivity index (χ0n) is 17.9. The number of thioether (sulfide) groups is 1. The van der Waals surface area contributed by atoms with E-state index in [0.717, 1.165) is 52.9 Å². The van der Waals surface area contributed by atoms with Crippen LogP contribution in [0.15, 0.2) is 76.5 Å². The number of aryl methyl sites for hydroxylation is 2. The summed E-state index contributed by atoms with van der Waals surface area (Å²) >= 11 is 1.43. The van der Waals surface area contributed by atoms with E-state index in [1.807, 2.05) is 54.3 Å². The topological polar surface area (TPSA) is 64.2 Å². The van der Waals surface area contributed by atoms with Crippen molar-refractivity contribution in [2.75, 3.05) is 17.2 Å². The van der Waals surface area contributed by atoms with E-state index in [-0.39, 0.29) is 5.91 Å². The molecule has 0 bridgehead atoms. The first-order chi connectivity index (χ1) is 15.7. The maximum atomic E-state index is 13.1. The molecular weight excluding hydrogens is 420 g/mol. The Kier molecular flexibility index (Phi) is 5.81. The lowest BCUT2D eigenvalue weighted by atomic mass is 10.0. The van der Waals surface area contributed by atoms with E-state index in [9.17, 15) is 4.79 Å². The number of rotatable bonds is 6. The van der Waals surface area contributed by atoms with Crippen molar-refractivity contribution in [1.29, 1.82) is 0 Å². The average molecular weight is 445 g/mol. The number of amides is 1. The molecule has 0 N–H and O–H groups in total. The van der Waals surface area contributed by atoms with E-state index in [1.165, 1.54) is 17.3 Å². The summed E-state index contributed by atoms with van der Waals surface area (Å²) in [7, 11) is 0. The Morgan fingerprint density at radius 2 is 1.88 bits per heavy atom. The molecule has 1 amide bonds. The van der Waals surface area contributed by atoms with Gasteiger partial charge in [-0.15, -0.1) is 10.2 Å². The monoisotopic (exact) mass is 444 g/mol. The molecule has 2 aromatic heterocycles. The summed E-state index contributed by atoms with van der Waals surface area (Å²) in [6.07, 6.45) is 3.67. The van der Waals surface area contributed by atoms with Crippen molar-refractivity contribution in [3.8, 4) is 11.4 Å². The van der Waals surface area contributed by atoms with Crippen LogP contribution in [0.3, 0.4) is 0 Å². The minimum Gasteiger partial charge on any atom is -0.469 e. The molecule has 32 heavy (non-hydrogen) atoms. The van der Waals surface area contributed by atoms with Crippen molar-refractivity contribution in [3.05, 3.63) is 83.8 Å². The third-order valence-electron chi connectivity index (χ3n) is 5.74. The van der Waals surface area contributed by atoms with Crippen LogP contribution in [0.4, 0.5) is 5.69 Å². The van der Waals surface area contributed by atoms with Gasteiger partial charge in [0.25, 0.3) is 0 Å². The number of para-hydroxylation sites is 1. The molecule has 0 radical (unpaired) electrons. The van der Waals surface area contributed by atoms with Crippen molar-refractivity contribution in [3.63, 3.8) is 0 Å². The fourth-order valence-electron chi connectivity index (χ4n) is 4.12. The molecule has 2 aromatic carbocycles. The molecule has 6 nitrogen and oxygen atoms in total. The van der Waals surface area contributed by atoms with Crippen molar-refractivity contribution in [2.24, 2.45) is 0 Å². The first kappa shape index (κ1) is 20.6. The third-order valence-corrected chi connectivity index (χ3v) is 6.69. The van der Waals surface area contributed by atoms with Gasteiger partial charge in [0.1, 0.15) is 5.76 Å². The Morgan fingerprint density at radius 3 is 2.69 bits per heavy atom. The van der Waals surface area contributed by atoms with E-state index >= 15 is 0 Å². The van der Waals surface area contributed by atoms with Gasteiger partial charge in [-0.3, -0.25) is 9.36 Å². The van der Waals surface area contributed by atoms with Gasteiger partial charge >= 0.3 is 0 Å². The molecule has 0 saturated carbocycles. The minimum atomic E-state index is 0.0949. The molecular formula is C25H24N4O2S. The highest BCUT2D eigenvalue weighted by atomic mass is 32.2. The summed E-state index contributed by atoms with van der Waals surface area (Å²) in [5.74, 6) is 1.95. The van der Waals surface area contributed by atoms with E-state index < -0.39 is 0 Å². The molecule has 1 aliphatic rings. The van der Waals surface area contributed by atoms with Gasteiger partial charge < -0.3 is 9.32 Å². The zero-order chi connectivity index (χ0) is 21.9. The molecule has 0 saturated heterocycles. The second kappa shape index (κ2) is 9.04. The van der Waals surface area contributed by atoms with Crippen molar-refractivity contribution < 1.29 is 9.21 Å². The fraction of sp³-hybridized carbons (Fsp3) is 0.240. The number of furan rings is 1. The summed E-state index contributed by atoms with van der Waals surface area (Å²) in [6.45, 7) is 3.30. The number of fused-ring (bicyclic) bond motifs is 1. The number of anilines is 1. The molecule has 162 valence electrons. The van der Waals surface area contributed by atoms with Gasteiger partial charge in [-0.05, 0) is 43.0 Å². The number of carbonyl (C=O) groups is 1. The van der Waals surface area contributed by atoms with E-state index in [4.69, 9.17) is 4.42 Å². The van der Waals surface area contributed by atoms with Crippen LogP contribution in [0.5, 0.6) is 0 Å². The van der Waals surface area contributed by atoms with Gasteiger partial charge in [0.15, 0.2) is 11.0 Å². The summed E-state index contributed by atoms with van der Waals surface area (Å²) in [6, 6.07) is 20.3. The molecule has 5 rings (SSSR count). The molecule has 0 fully saturated rings. The fourth-order valence-corrected chi connectivity index (χ4v) is 4.93. The number of carbonyl (C=O) groups excluding carboxylic acids is 1. The predicted octanol–water partition coefficient (Wildman–Crippen LogP) is 4.97. The van der Waals surface area contributed by atoms with Gasteiger partial charge in [0.05, 0.1) is 24.1 Å². The van der Waals surface area contributed by atoms with Gasteiger partial charge in [-0.1, -0.05) is 60.3 Å². The van der Waals surface area contributed by atoms with Crippen molar-refractivity contribution in [1.82, 2.24) is 14.8 Å². The van der Waals surface area contributed by atoms with Crippen LogP contribution in [0.25, 0.3) is 11.4 Å². The molecule has 0 atom stereocenters. The Hall–Kier alpha value is -3.32. The Bertz CT molecular complexity index is 1230. The molecule has 0 aliphatic carbocycles. The van der Waals surface area contributed by atoms with Crippen molar-refractivity contribution in [2.45, 2.75) is 31.5 Å². The van der Waals surface area contributed by atoms with E-state index in [0.29, 0.717) is 12.3 Å². The number of hydrogen-bond acceptors (Lipinski definition) is 5. The highest BCUT2D eigenvalue weighted by molar-refractivity contribution is 7.99. The molecule has 3 heterocycles. The predicted molar refractivity (Wildman–Crippen MR) is 126 cm³/mol. The number of benzene rings is 2. The highest BCUT2D eigenvalue weighted by Gasteiger charge is 2.24. The Labute approximate surface area is 191 Å². The Morgan fingerprint density at radius 1 is 1.06 bits per heavy atom. The van der Waals surface area contributed by atoms with Crippen LogP contribution in [0.2, 0.25) is 0 Å². The third kappa shape index (κ3) is 4.08.